The molecule has 1 heterocycles. The van der Waals surface area contributed by atoms with Gasteiger partial charge in [-0.05, 0) is 26.2 Å². The molecule has 2 N–H and O–H groups in total. The van der Waals surface area contributed by atoms with E-state index in [1.165, 1.54) is 6.42 Å². The molecule has 2 unspecified atom stereocenters. The quantitative estimate of drug-likeness (QED) is 0.679. The van der Waals surface area contributed by atoms with Crippen LogP contribution in [0.25, 0.3) is 0 Å². The van der Waals surface area contributed by atoms with Crippen LogP contribution in [0.15, 0.2) is 0 Å². The minimum Gasteiger partial charge on any atom is -0.326 e. The summed E-state index contributed by atoms with van der Waals surface area (Å²) in [5, 5.41) is 0. The van der Waals surface area contributed by atoms with Crippen LogP contribution in [-0.4, -0.2) is 29.6 Å². The van der Waals surface area contributed by atoms with Crippen molar-refractivity contribution in [2.75, 3.05) is 6.54 Å². The standard InChI is InChI=1S/C10H22N2/c1-7(2)10-5-9(11)6-12(10)8(3)4/h7-10H,5-6,11H2,1-4H3. The van der Waals surface area contributed by atoms with Gasteiger partial charge in [0.25, 0.3) is 0 Å². The van der Waals surface area contributed by atoms with Gasteiger partial charge in [0.1, 0.15) is 0 Å². The molecule has 0 aliphatic carbocycles. The van der Waals surface area contributed by atoms with Crippen LogP contribution in [0, 0.1) is 5.92 Å². The summed E-state index contributed by atoms with van der Waals surface area (Å²) in [6.45, 7) is 10.2. The average molecular weight is 170 g/mol. The van der Waals surface area contributed by atoms with Crippen LogP contribution >= 0.6 is 0 Å². The molecule has 0 spiro atoms. The Bertz CT molecular complexity index is 127. The summed E-state index contributed by atoms with van der Waals surface area (Å²) < 4.78 is 0. The molecule has 1 aliphatic heterocycles. The lowest BCUT2D eigenvalue weighted by molar-refractivity contribution is 0.165. The van der Waals surface area contributed by atoms with Gasteiger partial charge < -0.3 is 5.73 Å². The molecule has 1 rings (SSSR count). The smallest absolute Gasteiger partial charge is 0.0183 e. The van der Waals surface area contributed by atoms with Crippen molar-refractivity contribution < 1.29 is 0 Å². The van der Waals surface area contributed by atoms with Gasteiger partial charge >= 0.3 is 0 Å². The molecule has 2 nitrogen and oxygen atoms in total. The molecule has 12 heavy (non-hydrogen) atoms. The highest BCUT2D eigenvalue weighted by molar-refractivity contribution is 4.90. The zero-order valence-electron chi connectivity index (χ0n) is 8.75. The molecular formula is C10H22N2. The average Bonchev–Trinajstić information content (AvgIpc) is 2.31. The maximum absolute atomic E-state index is 5.95. The number of hydrogen-bond donors (Lipinski definition) is 1. The molecule has 0 aromatic heterocycles. The largest absolute Gasteiger partial charge is 0.326 e. The van der Waals surface area contributed by atoms with Crippen LogP contribution < -0.4 is 5.73 Å². The van der Waals surface area contributed by atoms with E-state index in [2.05, 4.69) is 32.6 Å². The third-order valence-electron chi connectivity index (χ3n) is 2.85. The first kappa shape index (κ1) is 10.0. The summed E-state index contributed by atoms with van der Waals surface area (Å²) in [5.41, 5.74) is 5.95. The van der Waals surface area contributed by atoms with Gasteiger partial charge in [0.05, 0.1) is 0 Å². The number of hydrogen-bond acceptors (Lipinski definition) is 2. The van der Waals surface area contributed by atoms with Crippen molar-refractivity contribution in [1.29, 1.82) is 0 Å². The molecule has 0 aromatic rings. The van der Waals surface area contributed by atoms with E-state index in [0.29, 0.717) is 18.1 Å². The fraction of sp³-hybridized carbons (Fsp3) is 1.00. The van der Waals surface area contributed by atoms with Gasteiger partial charge in [-0.2, -0.15) is 0 Å². The first-order chi connectivity index (χ1) is 5.52. The molecular weight excluding hydrogens is 148 g/mol. The lowest BCUT2D eigenvalue weighted by Crippen LogP contribution is -2.39. The Hall–Kier alpha value is -0.0800. The highest BCUT2D eigenvalue weighted by Crippen LogP contribution is 2.24. The normalized spacial score (nSPS) is 32.2. The SMILES string of the molecule is CC(C)C1CC(N)CN1C(C)C. The fourth-order valence-corrected chi connectivity index (χ4v) is 2.18. The van der Waals surface area contributed by atoms with Crippen LogP contribution in [-0.2, 0) is 0 Å². The van der Waals surface area contributed by atoms with Gasteiger partial charge in [0.15, 0.2) is 0 Å². The Kier molecular flexibility index (Phi) is 3.13. The predicted octanol–water partition coefficient (Wildman–Crippen LogP) is 1.45. The van der Waals surface area contributed by atoms with Gasteiger partial charge in [-0.1, -0.05) is 13.8 Å². The van der Waals surface area contributed by atoms with Crippen molar-refractivity contribution in [3.8, 4) is 0 Å². The van der Waals surface area contributed by atoms with Gasteiger partial charge in [-0.25, -0.2) is 0 Å². The van der Waals surface area contributed by atoms with Crippen molar-refractivity contribution in [3.63, 3.8) is 0 Å². The van der Waals surface area contributed by atoms with Crippen LogP contribution in [0.4, 0.5) is 0 Å². The summed E-state index contributed by atoms with van der Waals surface area (Å²) in [6.07, 6.45) is 1.18. The summed E-state index contributed by atoms with van der Waals surface area (Å²) in [4.78, 5) is 2.54. The Labute approximate surface area is 76.1 Å². The molecule has 72 valence electrons. The molecule has 0 bridgehead atoms. The van der Waals surface area contributed by atoms with Crippen molar-refractivity contribution in [2.24, 2.45) is 11.7 Å². The molecule has 0 saturated carbocycles. The van der Waals surface area contributed by atoms with Gasteiger partial charge in [0, 0.05) is 24.7 Å². The minimum atomic E-state index is 0.403. The van der Waals surface area contributed by atoms with E-state index in [1.54, 1.807) is 0 Å². The van der Waals surface area contributed by atoms with E-state index in [0.717, 1.165) is 12.5 Å². The fourth-order valence-electron chi connectivity index (χ4n) is 2.18. The van der Waals surface area contributed by atoms with Crippen LogP contribution in [0.1, 0.15) is 34.1 Å². The highest BCUT2D eigenvalue weighted by atomic mass is 15.2. The Morgan fingerprint density at radius 1 is 1.25 bits per heavy atom. The Morgan fingerprint density at radius 2 is 1.83 bits per heavy atom. The van der Waals surface area contributed by atoms with Crippen molar-refractivity contribution in [2.45, 2.75) is 52.2 Å². The third-order valence-corrected chi connectivity index (χ3v) is 2.85. The van der Waals surface area contributed by atoms with E-state index in [9.17, 15) is 0 Å². The summed E-state index contributed by atoms with van der Waals surface area (Å²) in [7, 11) is 0. The number of likely N-dealkylation sites (tertiary alicyclic amines) is 1. The highest BCUT2D eigenvalue weighted by Gasteiger charge is 2.33. The number of nitrogens with zero attached hydrogens (tertiary/aromatic N) is 1. The maximum atomic E-state index is 5.95. The number of nitrogens with two attached hydrogens (primary N) is 1. The van der Waals surface area contributed by atoms with E-state index in [-0.39, 0.29) is 0 Å². The number of rotatable bonds is 2. The van der Waals surface area contributed by atoms with Gasteiger partial charge in [0.2, 0.25) is 0 Å². The topological polar surface area (TPSA) is 29.3 Å². The monoisotopic (exact) mass is 170 g/mol. The molecule has 1 aliphatic rings. The molecule has 2 heteroatoms. The first-order valence-electron chi connectivity index (χ1n) is 5.03. The molecule has 1 fully saturated rings. The van der Waals surface area contributed by atoms with Crippen LogP contribution in [0.3, 0.4) is 0 Å². The summed E-state index contributed by atoms with van der Waals surface area (Å²) in [6, 6.07) is 1.76. The lowest BCUT2D eigenvalue weighted by atomic mass is 10.0. The zero-order chi connectivity index (χ0) is 9.30. The molecule has 0 aromatic carbocycles. The van der Waals surface area contributed by atoms with Crippen molar-refractivity contribution in [3.05, 3.63) is 0 Å². The van der Waals surface area contributed by atoms with Gasteiger partial charge in [-0.15, -0.1) is 0 Å². The molecule has 0 amide bonds. The molecule has 0 radical (unpaired) electrons. The Morgan fingerprint density at radius 3 is 2.17 bits per heavy atom. The molecule has 1 saturated heterocycles. The maximum Gasteiger partial charge on any atom is 0.0183 e. The third kappa shape index (κ3) is 1.99. The van der Waals surface area contributed by atoms with Crippen LogP contribution in [0.2, 0.25) is 0 Å². The van der Waals surface area contributed by atoms with Crippen molar-refractivity contribution in [1.82, 2.24) is 4.90 Å². The zero-order valence-corrected chi connectivity index (χ0v) is 8.75. The Balaban J connectivity index is 2.59. The predicted molar refractivity (Wildman–Crippen MR) is 53.1 cm³/mol. The lowest BCUT2D eigenvalue weighted by Gasteiger charge is -2.30. The second-order valence-electron chi connectivity index (χ2n) is 4.60. The van der Waals surface area contributed by atoms with E-state index in [4.69, 9.17) is 5.73 Å². The first-order valence-corrected chi connectivity index (χ1v) is 5.03. The molecule has 2 atom stereocenters. The van der Waals surface area contributed by atoms with Crippen LogP contribution in [0.5, 0.6) is 0 Å². The second kappa shape index (κ2) is 3.75. The van der Waals surface area contributed by atoms with E-state index >= 15 is 0 Å². The van der Waals surface area contributed by atoms with Gasteiger partial charge in [-0.3, -0.25) is 4.90 Å². The second-order valence-corrected chi connectivity index (χ2v) is 4.60. The van der Waals surface area contributed by atoms with E-state index in [1.807, 2.05) is 0 Å². The summed E-state index contributed by atoms with van der Waals surface area (Å²) in [5.74, 6) is 0.737. The summed E-state index contributed by atoms with van der Waals surface area (Å²) >= 11 is 0. The van der Waals surface area contributed by atoms with E-state index < -0.39 is 0 Å². The van der Waals surface area contributed by atoms with Crippen molar-refractivity contribution >= 4 is 0 Å². The minimum absolute atomic E-state index is 0.403.